The molecule has 0 saturated carbocycles. The van der Waals surface area contributed by atoms with Gasteiger partial charge in [-0.3, -0.25) is 0 Å². The van der Waals surface area contributed by atoms with E-state index in [-0.39, 0.29) is 0 Å². The average molecular weight is 256 g/mol. The van der Waals surface area contributed by atoms with Crippen molar-refractivity contribution in [2.24, 2.45) is 0 Å². The zero-order chi connectivity index (χ0) is 10.6. The molecular weight excluding hydrogens is 238 g/mol. The summed E-state index contributed by atoms with van der Waals surface area (Å²) in [4.78, 5) is 0. The fourth-order valence-corrected chi connectivity index (χ4v) is 2.25. The van der Waals surface area contributed by atoms with E-state index in [1.807, 2.05) is 7.05 Å². The predicted molar refractivity (Wildman–Crippen MR) is 65.6 cm³/mol. The maximum atomic E-state index is 3.49. The molecule has 78 valence electrons. The number of aryl methyl sites for hydroxylation is 1. The van der Waals surface area contributed by atoms with Gasteiger partial charge in [-0.1, -0.05) is 35.3 Å². The Morgan fingerprint density at radius 2 is 2.14 bits per heavy atom. The Morgan fingerprint density at radius 3 is 2.64 bits per heavy atom. The van der Waals surface area contributed by atoms with E-state index >= 15 is 0 Å². The molecule has 0 spiro atoms. The first-order chi connectivity index (χ1) is 6.69. The van der Waals surface area contributed by atoms with Crippen LogP contribution in [-0.2, 0) is 0 Å². The van der Waals surface area contributed by atoms with E-state index < -0.39 is 0 Å². The van der Waals surface area contributed by atoms with E-state index in [0.717, 1.165) is 4.47 Å². The van der Waals surface area contributed by atoms with Crippen LogP contribution in [0.5, 0.6) is 0 Å². The van der Waals surface area contributed by atoms with Gasteiger partial charge in [-0.05, 0) is 43.7 Å². The molecule has 14 heavy (non-hydrogen) atoms. The molecule has 1 N–H and O–H groups in total. The van der Waals surface area contributed by atoms with Crippen LogP contribution in [0.2, 0.25) is 0 Å². The minimum Gasteiger partial charge on any atom is -0.313 e. The fraction of sp³-hybridized carbons (Fsp3) is 0.500. The third-order valence-corrected chi connectivity index (χ3v) is 3.03. The second kappa shape index (κ2) is 5.52. The van der Waals surface area contributed by atoms with Gasteiger partial charge in [-0.15, -0.1) is 0 Å². The molecule has 1 aromatic carbocycles. The first kappa shape index (κ1) is 11.7. The van der Waals surface area contributed by atoms with Crippen molar-refractivity contribution in [3.63, 3.8) is 0 Å². The van der Waals surface area contributed by atoms with Gasteiger partial charge in [0.1, 0.15) is 0 Å². The zero-order valence-electron chi connectivity index (χ0n) is 9.10. The number of halogens is 1. The van der Waals surface area contributed by atoms with Crippen LogP contribution < -0.4 is 5.32 Å². The van der Waals surface area contributed by atoms with Gasteiger partial charge in [0.05, 0.1) is 0 Å². The van der Waals surface area contributed by atoms with Crippen LogP contribution in [0.1, 0.15) is 36.9 Å². The minimum atomic E-state index is 0.494. The highest BCUT2D eigenvalue weighted by atomic mass is 79.9. The molecule has 0 aliphatic rings. The maximum absolute atomic E-state index is 3.49. The zero-order valence-corrected chi connectivity index (χ0v) is 10.7. The highest BCUT2D eigenvalue weighted by molar-refractivity contribution is 9.10. The van der Waals surface area contributed by atoms with Gasteiger partial charge in [0.2, 0.25) is 0 Å². The standard InChI is InChI=1S/C12H18BrN/c1-4-5-12(14-3)11-7-6-10(13)8-9(11)2/h6-8,12,14H,4-5H2,1-3H3. The summed E-state index contributed by atoms with van der Waals surface area (Å²) in [6, 6.07) is 6.99. The molecule has 1 aromatic rings. The lowest BCUT2D eigenvalue weighted by atomic mass is 9.98. The fourth-order valence-electron chi connectivity index (χ4n) is 1.77. The van der Waals surface area contributed by atoms with Crippen LogP contribution in [0.15, 0.2) is 22.7 Å². The highest BCUT2D eigenvalue weighted by Gasteiger charge is 2.10. The van der Waals surface area contributed by atoms with Crippen molar-refractivity contribution in [2.45, 2.75) is 32.7 Å². The molecule has 0 aliphatic carbocycles. The lowest BCUT2D eigenvalue weighted by Crippen LogP contribution is -2.17. The third-order valence-electron chi connectivity index (χ3n) is 2.53. The number of rotatable bonds is 4. The lowest BCUT2D eigenvalue weighted by molar-refractivity contribution is 0.539. The normalized spacial score (nSPS) is 12.9. The average Bonchev–Trinajstić information content (AvgIpc) is 2.15. The summed E-state index contributed by atoms with van der Waals surface area (Å²) in [7, 11) is 2.03. The quantitative estimate of drug-likeness (QED) is 0.863. The Hall–Kier alpha value is -0.340. The van der Waals surface area contributed by atoms with Crippen molar-refractivity contribution in [2.75, 3.05) is 7.05 Å². The van der Waals surface area contributed by atoms with Gasteiger partial charge < -0.3 is 5.32 Å². The first-order valence-electron chi connectivity index (χ1n) is 5.12. The Bertz CT molecular complexity index is 296. The van der Waals surface area contributed by atoms with Crippen molar-refractivity contribution in [1.82, 2.24) is 5.32 Å². The molecule has 1 atom stereocenters. The molecule has 2 heteroatoms. The summed E-state index contributed by atoms with van der Waals surface area (Å²) in [6.07, 6.45) is 2.40. The molecule has 0 fully saturated rings. The summed E-state index contributed by atoms with van der Waals surface area (Å²) in [5.74, 6) is 0. The van der Waals surface area contributed by atoms with Gasteiger partial charge in [0.25, 0.3) is 0 Å². The van der Waals surface area contributed by atoms with Crippen LogP contribution in [0.3, 0.4) is 0 Å². The largest absolute Gasteiger partial charge is 0.313 e. The second-order valence-corrected chi connectivity index (χ2v) is 4.55. The summed E-state index contributed by atoms with van der Waals surface area (Å²) >= 11 is 3.49. The van der Waals surface area contributed by atoms with Crippen LogP contribution in [0, 0.1) is 6.92 Å². The smallest absolute Gasteiger partial charge is 0.0320 e. The monoisotopic (exact) mass is 255 g/mol. The Balaban J connectivity index is 2.92. The third kappa shape index (κ3) is 2.82. The molecule has 0 heterocycles. The van der Waals surface area contributed by atoms with Crippen molar-refractivity contribution in [3.05, 3.63) is 33.8 Å². The van der Waals surface area contributed by atoms with Crippen LogP contribution in [-0.4, -0.2) is 7.05 Å². The lowest BCUT2D eigenvalue weighted by Gasteiger charge is -2.18. The molecule has 0 aliphatic heterocycles. The SMILES string of the molecule is CCCC(NC)c1ccc(Br)cc1C. The van der Waals surface area contributed by atoms with Gasteiger partial charge >= 0.3 is 0 Å². The summed E-state index contributed by atoms with van der Waals surface area (Å²) < 4.78 is 1.16. The molecule has 1 rings (SSSR count). The van der Waals surface area contributed by atoms with E-state index in [9.17, 15) is 0 Å². The van der Waals surface area contributed by atoms with Gasteiger partial charge in [0, 0.05) is 10.5 Å². The molecular formula is C12H18BrN. The van der Waals surface area contributed by atoms with Gasteiger partial charge in [-0.2, -0.15) is 0 Å². The van der Waals surface area contributed by atoms with Gasteiger partial charge in [0.15, 0.2) is 0 Å². The van der Waals surface area contributed by atoms with E-state index in [0.29, 0.717) is 6.04 Å². The molecule has 0 saturated heterocycles. The summed E-state index contributed by atoms with van der Waals surface area (Å²) in [5.41, 5.74) is 2.77. The molecule has 0 amide bonds. The number of nitrogens with one attached hydrogen (secondary N) is 1. The molecule has 1 nitrogen and oxygen atoms in total. The maximum Gasteiger partial charge on any atom is 0.0320 e. The van der Waals surface area contributed by atoms with Crippen LogP contribution >= 0.6 is 15.9 Å². The van der Waals surface area contributed by atoms with Crippen LogP contribution in [0.4, 0.5) is 0 Å². The highest BCUT2D eigenvalue weighted by Crippen LogP contribution is 2.24. The molecule has 0 aromatic heterocycles. The predicted octanol–water partition coefficient (Wildman–Crippen LogP) is 3.82. The summed E-state index contributed by atoms with van der Waals surface area (Å²) in [5, 5.41) is 3.36. The van der Waals surface area contributed by atoms with Crippen molar-refractivity contribution < 1.29 is 0 Å². The Kier molecular flexibility index (Phi) is 4.63. The topological polar surface area (TPSA) is 12.0 Å². The van der Waals surface area contributed by atoms with E-state index in [4.69, 9.17) is 0 Å². The molecule has 0 radical (unpaired) electrons. The van der Waals surface area contributed by atoms with Crippen molar-refractivity contribution in [1.29, 1.82) is 0 Å². The number of benzene rings is 1. The molecule has 0 bridgehead atoms. The Labute approximate surface area is 95.0 Å². The first-order valence-corrected chi connectivity index (χ1v) is 5.91. The van der Waals surface area contributed by atoms with E-state index in [1.165, 1.54) is 24.0 Å². The van der Waals surface area contributed by atoms with Gasteiger partial charge in [-0.25, -0.2) is 0 Å². The van der Waals surface area contributed by atoms with Crippen molar-refractivity contribution in [3.8, 4) is 0 Å². The van der Waals surface area contributed by atoms with Crippen molar-refractivity contribution >= 4 is 15.9 Å². The Morgan fingerprint density at radius 1 is 1.43 bits per heavy atom. The molecule has 1 unspecified atom stereocenters. The summed E-state index contributed by atoms with van der Waals surface area (Å²) in [6.45, 7) is 4.39. The van der Waals surface area contributed by atoms with E-state index in [1.54, 1.807) is 0 Å². The van der Waals surface area contributed by atoms with E-state index in [2.05, 4.69) is 53.3 Å². The van der Waals surface area contributed by atoms with Crippen LogP contribution in [0.25, 0.3) is 0 Å². The number of hydrogen-bond donors (Lipinski definition) is 1. The number of hydrogen-bond acceptors (Lipinski definition) is 1. The second-order valence-electron chi connectivity index (χ2n) is 3.63. The minimum absolute atomic E-state index is 0.494.